The molecule has 0 unspecified atom stereocenters. The standard InChI is InChI=1S/C64H40N4/c1-4-18-41(19-5-1)61-63(62(42-20-6-2-7-21-42)66-64(65-61)43-22-8-3-9-23-43)68-58-31-17-15-29-53(58)56-39-45(33-37-60(56)68)44-32-36-59-55(38-44)52-28-14-16-30-57(52)67(59)46-34-35-51-49-26-11-10-24-47(49)48-25-12-13-27-50(48)54(51)40-46/h1-40H. The van der Waals surface area contributed by atoms with Gasteiger partial charge in [-0.2, -0.15) is 0 Å². The first-order valence-corrected chi connectivity index (χ1v) is 23.2. The van der Waals surface area contributed by atoms with Crippen LogP contribution in [0, 0.1) is 0 Å². The van der Waals surface area contributed by atoms with Crippen LogP contribution in [0.2, 0.25) is 0 Å². The van der Waals surface area contributed by atoms with Crippen molar-refractivity contribution < 1.29 is 0 Å². The zero-order valence-corrected chi connectivity index (χ0v) is 36.9. The molecule has 0 aliphatic rings. The van der Waals surface area contributed by atoms with Crippen LogP contribution in [-0.4, -0.2) is 19.1 Å². The minimum Gasteiger partial charge on any atom is -0.309 e. The Morgan fingerprint density at radius 1 is 0.235 bits per heavy atom. The van der Waals surface area contributed by atoms with E-state index in [2.05, 4.69) is 234 Å². The Hall–Kier alpha value is -9.12. The third-order valence-corrected chi connectivity index (χ3v) is 13.9. The van der Waals surface area contributed by atoms with Gasteiger partial charge in [-0.15, -0.1) is 0 Å². The summed E-state index contributed by atoms with van der Waals surface area (Å²) < 4.78 is 4.83. The number of hydrogen-bond donors (Lipinski definition) is 0. The van der Waals surface area contributed by atoms with E-state index in [1.54, 1.807) is 0 Å². The highest BCUT2D eigenvalue weighted by molar-refractivity contribution is 6.26. The van der Waals surface area contributed by atoms with Crippen LogP contribution in [-0.2, 0) is 0 Å². The maximum atomic E-state index is 5.42. The van der Waals surface area contributed by atoms with Gasteiger partial charge in [-0.1, -0.05) is 194 Å². The second-order valence-corrected chi connectivity index (χ2v) is 17.7. The van der Waals surface area contributed by atoms with Gasteiger partial charge in [0.15, 0.2) is 5.82 Å². The molecule has 68 heavy (non-hydrogen) atoms. The molecule has 0 aliphatic heterocycles. The average molecular weight is 865 g/mol. The van der Waals surface area contributed by atoms with Gasteiger partial charge in [0.05, 0.1) is 39.1 Å². The van der Waals surface area contributed by atoms with E-state index in [1.165, 1.54) is 70.5 Å². The topological polar surface area (TPSA) is 35.6 Å². The fraction of sp³-hybridized carbons (Fsp3) is 0. The van der Waals surface area contributed by atoms with Crippen molar-refractivity contribution in [1.29, 1.82) is 0 Å². The van der Waals surface area contributed by atoms with Crippen molar-refractivity contribution in [3.05, 3.63) is 243 Å². The first kappa shape index (κ1) is 38.2. The molecule has 14 aromatic rings. The molecule has 11 aromatic carbocycles. The normalized spacial score (nSPS) is 11.8. The molecule has 0 spiro atoms. The Labute approximate surface area is 392 Å². The highest BCUT2D eigenvalue weighted by Gasteiger charge is 2.24. The van der Waals surface area contributed by atoms with E-state index in [0.29, 0.717) is 5.82 Å². The molecule has 4 nitrogen and oxygen atoms in total. The minimum atomic E-state index is 0.689. The maximum absolute atomic E-state index is 5.42. The highest BCUT2D eigenvalue weighted by Crippen LogP contribution is 2.44. The molecular weight excluding hydrogens is 825 g/mol. The molecule has 0 atom stereocenters. The largest absolute Gasteiger partial charge is 0.309 e. The summed E-state index contributed by atoms with van der Waals surface area (Å²) in [5.41, 5.74) is 13.8. The summed E-state index contributed by atoms with van der Waals surface area (Å²) in [6, 6.07) is 87.5. The quantitative estimate of drug-likeness (QED) is 0.156. The van der Waals surface area contributed by atoms with Gasteiger partial charge in [0, 0.05) is 43.9 Å². The molecule has 0 bridgehead atoms. The van der Waals surface area contributed by atoms with Gasteiger partial charge in [0.1, 0.15) is 0 Å². The summed E-state index contributed by atoms with van der Waals surface area (Å²) in [6.07, 6.45) is 0. The van der Waals surface area contributed by atoms with E-state index in [4.69, 9.17) is 9.97 Å². The predicted molar refractivity (Wildman–Crippen MR) is 285 cm³/mol. The number of aromatic nitrogens is 4. The van der Waals surface area contributed by atoms with Gasteiger partial charge in [-0.05, 0) is 92.0 Å². The summed E-state index contributed by atoms with van der Waals surface area (Å²) in [6.45, 7) is 0. The van der Waals surface area contributed by atoms with Gasteiger partial charge < -0.3 is 9.13 Å². The number of rotatable bonds is 6. The van der Waals surface area contributed by atoms with Gasteiger partial charge in [0.25, 0.3) is 0 Å². The summed E-state index contributed by atoms with van der Waals surface area (Å²) in [4.78, 5) is 10.8. The van der Waals surface area contributed by atoms with E-state index < -0.39 is 0 Å². The van der Waals surface area contributed by atoms with E-state index in [9.17, 15) is 0 Å². The maximum Gasteiger partial charge on any atom is 0.160 e. The molecule has 0 N–H and O–H groups in total. The van der Waals surface area contributed by atoms with Crippen LogP contribution in [0.1, 0.15) is 0 Å². The minimum absolute atomic E-state index is 0.689. The summed E-state index contributed by atoms with van der Waals surface area (Å²) >= 11 is 0. The van der Waals surface area contributed by atoms with Crippen LogP contribution in [0.15, 0.2) is 243 Å². The predicted octanol–water partition coefficient (Wildman–Crippen LogP) is 16.8. The van der Waals surface area contributed by atoms with E-state index in [1.807, 2.05) is 18.2 Å². The van der Waals surface area contributed by atoms with Gasteiger partial charge in [0.2, 0.25) is 0 Å². The Morgan fingerprint density at radius 3 is 1.13 bits per heavy atom. The second-order valence-electron chi connectivity index (χ2n) is 17.7. The van der Waals surface area contributed by atoms with Crippen LogP contribution in [0.25, 0.3) is 132 Å². The smallest absolute Gasteiger partial charge is 0.160 e. The lowest BCUT2D eigenvalue weighted by Crippen LogP contribution is -2.06. The molecule has 0 saturated carbocycles. The molecule has 0 radical (unpaired) electrons. The fourth-order valence-electron chi connectivity index (χ4n) is 10.8. The number of hydrogen-bond acceptors (Lipinski definition) is 2. The Bertz CT molecular complexity index is 4200. The zero-order valence-electron chi connectivity index (χ0n) is 36.9. The number of para-hydroxylation sites is 2. The Morgan fingerprint density at radius 2 is 0.618 bits per heavy atom. The van der Waals surface area contributed by atoms with Crippen molar-refractivity contribution in [2.24, 2.45) is 0 Å². The lowest BCUT2D eigenvalue weighted by atomic mass is 9.94. The van der Waals surface area contributed by atoms with Crippen LogP contribution in [0.5, 0.6) is 0 Å². The van der Waals surface area contributed by atoms with Crippen molar-refractivity contribution in [3.8, 4) is 56.4 Å². The molecule has 0 fully saturated rings. The molecule has 3 aromatic heterocycles. The van der Waals surface area contributed by atoms with Crippen LogP contribution in [0.3, 0.4) is 0 Å². The Kier molecular flexibility index (Phi) is 8.55. The highest BCUT2D eigenvalue weighted by atomic mass is 15.1. The fourth-order valence-corrected chi connectivity index (χ4v) is 10.8. The summed E-state index contributed by atoms with van der Waals surface area (Å²) in [5.74, 6) is 0.689. The molecule has 0 amide bonds. The van der Waals surface area contributed by atoms with E-state index >= 15 is 0 Å². The van der Waals surface area contributed by atoms with Crippen LogP contribution >= 0.6 is 0 Å². The molecule has 0 saturated heterocycles. The molecular formula is C64H40N4. The third kappa shape index (κ3) is 5.87. The monoisotopic (exact) mass is 864 g/mol. The van der Waals surface area contributed by atoms with Crippen molar-refractivity contribution in [1.82, 2.24) is 19.1 Å². The molecule has 14 rings (SSSR count). The summed E-state index contributed by atoms with van der Waals surface area (Å²) in [7, 11) is 0. The average Bonchev–Trinajstić information content (AvgIpc) is 3.93. The van der Waals surface area contributed by atoms with Gasteiger partial charge in [-0.3, -0.25) is 0 Å². The first-order valence-electron chi connectivity index (χ1n) is 23.2. The lowest BCUT2D eigenvalue weighted by molar-refractivity contribution is 1.09. The molecule has 4 heteroatoms. The first-order chi connectivity index (χ1) is 33.7. The molecule has 3 heterocycles. The van der Waals surface area contributed by atoms with E-state index in [0.717, 1.165) is 56.0 Å². The third-order valence-electron chi connectivity index (χ3n) is 13.9. The SMILES string of the molecule is c1ccc(-c2nc(-c3ccccc3)c(-n3c4ccccc4c4cc(-c5ccc6c(c5)c5ccccc5n6-c5ccc6c7ccccc7c7ccccc7c6c5)ccc43)c(-c3ccccc3)n2)cc1. The van der Waals surface area contributed by atoms with E-state index in [-0.39, 0.29) is 0 Å². The molecule has 316 valence electrons. The van der Waals surface area contributed by atoms with Crippen LogP contribution < -0.4 is 0 Å². The van der Waals surface area contributed by atoms with Crippen molar-refractivity contribution >= 4 is 75.9 Å². The van der Waals surface area contributed by atoms with Crippen LogP contribution in [0.4, 0.5) is 0 Å². The van der Waals surface area contributed by atoms with Crippen molar-refractivity contribution in [3.63, 3.8) is 0 Å². The molecule has 0 aliphatic carbocycles. The van der Waals surface area contributed by atoms with Gasteiger partial charge >= 0.3 is 0 Å². The number of benzene rings is 11. The second kappa shape index (κ2) is 15.2. The van der Waals surface area contributed by atoms with Gasteiger partial charge in [-0.25, -0.2) is 9.97 Å². The summed E-state index contributed by atoms with van der Waals surface area (Å²) in [5, 5.41) is 12.4. The van der Waals surface area contributed by atoms with Crippen molar-refractivity contribution in [2.45, 2.75) is 0 Å². The number of nitrogens with zero attached hydrogens (tertiary/aromatic N) is 4. The lowest BCUT2D eigenvalue weighted by Gasteiger charge is -2.19. The van der Waals surface area contributed by atoms with Crippen molar-refractivity contribution in [2.75, 3.05) is 0 Å². The zero-order chi connectivity index (χ0) is 44.7. The Balaban J connectivity index is 0.969. The number of fused-ring (bicyclic) bond motifs is 12.